The molecule has 0 radical (unpaired) electrons. The summed E-state index contributed by atoms with van der Waals surface area (Å²) in [7, 11) is 2.16. The van der Waals surface area contributed by atoms with Crippen LogP contribution < -0.4 is 5.32 Å². The summed E-state index contributed by atoms with van der Waals surface area (Å²) in [4.78, 5) is 4.87. The van der Waals surface area contributed by atoms with Crippen LogP contribution in [0.2, 0.25) is 0 Å². The molecule has 1 heterocycles. The van der Waals surface area contributed by atoms with E-state index < -0.39 is 0 Å². The molecule has 4 heteroatoms. The molecule has 0 saturated carbocycles. The molecule has 3 nitrogen and oxygen atoms in total. The first-order chi connectivity index (χ1) is 9.24. The van der Waals surface area contributed by atoms with Gasteiger partial charge in [0.05, 0.1) is 0 Å². The Kier molecular flexibility index (Phi) is 5.61. The molecule has 1 aromatic carbocycles. The molecule has 0 aliphatic carbocycles. The summed E-state index contributed by atoms with van der Waals surface area (Å²) in [6.45, 7) is 6.72. The molecule has 1 N–H and O–H groups in total. The lowest BCUT2D eigenvalue weighted by Crippen LogP contribution is -2.33. The fourth-order valence-corrected chi connectivity index (χ4v) is 2.39. The van der Waals surface area contributed by atoms with Crippen LogP contribution in [-0.4, -0.2) is 56.1 Å². The SMILES string of the molecule is CN(CCNc1ccc(F)cc1)CCN1CCCC1. The predicted octanol–water partition coefficient (Wildman–Crippen LogP) is 2.27. The van der Waals surface area contributed by atoms with Gasteiger partial charge in [0.15, 0.2) is 0 Å². The first-order valence-electron chi connectivity index (χ1n) is 7.14. The monoisotopic (exact) mass is 265 g/mol. The fourth-order valence-electron chi connectivity index (χ4n) is 2.39. The van der Waals surface area contributed by atoms with Gasteiger partial charge in [-0.1, -0.05) is 0 Å². The molecule has 2 rings (SSSR count). The average Bonchev–Trinajstić information content (AvgIpc) is 2.92. The van der Waals surface area contributed by atoms with Gasteiger partial charge in [0.1, 0.15) is 5.82 Å². The number of halogens is 1. The number of hydrogen-bond donors (Lipinski definition) is 1. The van der Waals surface area contributed by atoms with Crippen LogP contribution in [0.5, 0.6) is 0 Å². The zero-order valence-electron chi connectivity index (χ0n) is 11.7. The third kappa shape index (κ3) is 5.17. The number of nitrogens with one attached hydrogen (secondary N) is 1. The van der Waals surface area contributed by atoms with E-state index in [1.54, 1.807) is 12.1 Å². The Morgan fingerprint density at radius 2 is 1.84 bits per heavy atom. The normalized spacial score (nSPS) is 16.2. The number of nitrogens with zero attached hydrogens (tertiary/aromatic N) is 2. The standard InChI is InChI=1S/C15H24FN3/c1-18(12-13-19-9-2-3-10-19)11-8-17-15-6-4-14(16)5-7-15/h4-7,17H,2-3,8-13H2,1H3. The third-order valence-corrected chi connectivity index (χ3v) is 3.66. The van der Waals surface area contributed by atoms with Crippen molar-refractivity contribution >= 4 is 5.69 Å². The molecule has 0 amide bonds. The van der Waals surface area contributed by atoms with Crippen molar-refractivity contribution in [1.29, 1.82) is 0 Å². The minimum Gasteiger partial charge on any atom is -0.384 e. The molecule has 1 saturated heterocycles. The van der Waals surface area contributed by atoms with Gasteiger partial charge in [0.25, 0.3) is 0 Å². The summed E-state index contributed by atoms with van der Waals surface area (Å²) in [5.74, 6) is -0.187. The number of likely N-dealkylation sites (N-methyl/N-ethyl adjacent to an activating group) is 1. The molecule has 0 unspecified atom stereocenters. The summed E-state index contributed by atoms with van der Waals surface area (Å²) in [6.07, 6.45) is 2.71. The predicted molar refractivity (Wildman–Crippen MR) is 78.1 cm³/mol. The first-order valence-corrected chi connectivity index (χ1v) is 7.14. The lowest BCUT2D eigenvalue weighted by molar-refractivity contribution is 0.262. The smallest absolute Gasteiger partial charge is 0.123 e. The van der Waals surface area contributed by atoms with E-state index in [9.17, 15) is 4.39 Å². The third-order valence-electron chi connectivity index (χ3n) is 3.66. The van der Waals surface area contributed by atoms with E-state index in [2.05, 4.69) is 22.2 Å². The van der Waals surface area contributed by atoms with Crippen LogP contribution in [0.25, 0.3) is 0 Å². The summed E-state index contributed by atoms with van der Waals surface area (Å²) >= 11 is 0. The van der Waals surface area contributed by atoms with Crippen LogP contribution in [0.3, 0.4) is 0 Å². The van der Waals surface area contributed by atoms with Crippen molar-refractivity contribution < 1.29 is 4.39 Å². The molecule has 1 fully saturated rings. The number of benzene rings is 1. The van der Waals surface area contributed by atoms with Gasteiger partial charge in [-0.25, -0.2) is 4.39 Å². The van der Waals surface area contributed by atoms with E-state index in [0.717, 1.165) is 25.3 Å². The van der Waals surface area contributed by atoms with Gasteiger partial charge in [-0.05, 0) is 57.2 Å². The van der Waals surface area contributed by atoms with Gasteiger partial charge in [-0.15, -0.1) is 0 Å². The van der Waals surface area contributed by atoms with Crippen LogP contribution >= 0.6 is 0 Å². The molecule has 1 aliphatic rings. The van der Waals surface area contributed by atoms with Gasteiger partial charge in [-0.3, -0.25) is 0 Å². The maximum absolute atomic E-state index is 12.7. The Morgan fingerprint density at radius 3 is 2.53 bits per heavy atom. The molecule has 0 atom stereocenters. The fraction of sp³-hybridized carbons (Fsp3) is 0.600. The van der Waals surface area contributed by atoms with Crippen molar-refractivity contribution in [2.24, 2.45) is 0 Å². The number of rotatable bonds is 7. The summed E-state index contributed by atoms with van der Waals surface area (Å²) in [5.41, 5.74) is 0.981. The Hall–Kier alpha value is -1.13. The van der Waals surface area contributed by atoms with Crippen molar-refractivity contribution in [2.75, 3.05) is 51.6 Å². The summed E-state index contributed by atoms with van der Waals surface area (Å²) in [5, 5.41) is 3.31. The van der Waals surface area contributed by atoms with E-state index in [0.29, 0.717) is 0 Å². The van der Waals surface area contributed by atoms with Crippen molar-refractivity contribution in [2.45, 2.75) is 12.8 Å². The topological polar surface area (TPSA) is 18.5 Å². The van der Waals surface area contributed by atoms with Gasteiger partial charge < -0.3 is 15.1 Å². The zero-order chi connectivity index (χ0) is 13.5. The molecule has 19 heavy (non-hydrogen) atoms. The molecule has 1 aromatic rings. The van der Waals surface area contributed by atoms with E-state index in [-0.39, 0.29) is 5.82 Å². The van der Waals surface area contributed by atoms with Crippen LogP contribution in [0.1, 0.15) is 12.8 Å². The van der Waals surface area contributed by atoms with Crippen LogP contribution in [-0.2, 0) is 0 Å². The molecule has 1 aliphatic heterocycles. The van der Waals surface area contributed by atoms with Crippen molar-refractivity contribution in [3.8, 4) is 0 Å². The van der Waals surface area contributed by atoms with Gasteiger partial charge in [-0.2, -0.15) is 0 Å². The summed E-state index contributed by atoms with van der Waals surface area (Å²) < 4.78 is 12.7. The largest absolute Gasteiger partial charge is 0.384 e. The Morgan fingerprint density at radius 1 is 1.16 bits per heavy atom. The quantitative estimate of drug-likeness (QED) is 0.816. The Balaban J connectivity index is 1.58. The van der Waals surface area contributed by atoms with Gasteiger partial charge in [0, 0.05) is 31.9 Å². The number of anilines is 1. The van der Waals surface area contributed by atoms with E-state index in [1.165, 1.54) is 44.6 Å². The van der Waals surface area contributed by atoms with Crippen LogP contribution in [0.4, 0.5) is 10.1 Å². The number of likely N-dealkylation sites (tertiary alicyclic amines) is 1. The molecule has 0 aromatic heterocycles. The Labute approximate surface area is 115 Å². The number of hydrogen-bond acceptors (Lipinski definition) is 3. The second-order valence-electron chi connectivity index (χ2n) is 5.29. The lowest BCUT2D eigenvalue weighted by atomic mass is 10.3. The van der Waals surface area contributed by atoms with Crippen molar-refractivity contribution in [1.82, 2.24) is 9.80 Å². The first kappa shape index (κ1) is 14.3. The highest BCUT2D eigenvalue weighted by molar-refractivity contribution is 5.42. The average molecular weight is 265 g/mol. The minimum absolute atomic E-state index is 0.187. The van der Waals surface area contributed by atoms with Crippen LogP contribution in [0.15, 0.2) is 24.3 Å². The minimum atomic E-state index is -0.187. The van der Waals surface area contributed by atoms with Crippen LogP contribution in [0, 0.1) is 5.82 Å². The summed E-state index contributed by atoms with van der Waals surface area (Å²) in [6, 6.07) is 6.53. The van der Waals surface area contributed by atoms with Crippen molar-refractivity contribution in [3.63, 3.8) is 0 Å². The second-order valence-corrected chi connectivity index (χ2v) is 5.29. The lowest BCUT2D eigenvalue weighted by Gasteiger charge is -2.21. The highest BCUT2D eigenvalue weighted by atomic mass is 19.1. The van der Waals surface area contributed by atoms with E-state index in [1.807, 2.05) is 0 Å². The highest BCUT2D eigenvalue weighted by Crippen LogP contribution is 2.08. The maximum atomic E-state index is 12.7. The second kappa shape index (κ2) is 7.46. The van der Waals surface area contributed by atoms with E-state index in [4.69, 9.17) is 0 Å². The van der Waals surface area contributed by atoms with Gasteiger partial charge >= 0.3 is 0 Å². The zero-order valence-corrected chi connectivity index (χ0v) is 11.7. The van der Waals surface area contributed by atoms with E-state index >= 15 is 0 Å². The van der Waals surface area contributed by atoms with Gasteiger partial charge in [0.2, 0.25) is 0 Å². The molecule has 0 spiro atoms. The Bertz CT molecular complexity index is 360. The molecular weight excluding hydrogens is 241 g/mol. The maximum Gasteiger partial charge on any atom is 0.123 e. The molecule has 0 bridgehead atoms. The molecule has 106 valence electrons. The highest BCUT2D eigenvalue weighted by Gasteiger charge is 2.11. The molecular formula is C15H24FN3. The van der Waals surface area contributed by atoms with Crippen molar-refractivity contribution in [3.05, 3.63) is 30.1 Å².